The number of nitrogens with two attached hydrogens (primary N) is 1. The third kappa shape index (κ3) is 4.92. The van der Waals surface area contributed by atoms with E-state index >= 15 is 0 Å². The number of hydrogen-bond donors (Lipinski definition) is 3. The number of ether oxygens (including phenoxy) is 1. The number of pyridine rings is 1. The lowest BCUT2D eigenvalue weighted by atomic mass is 9.88. The Bertz CT molecular complexity index is 994. The number of rotatable bonds is 7. The van der Waals surface area contributed by atoms with Gasteiger partial charge in [0.15, 0.2) is 0 Å². The number of amides is 1. The number of anilines is 1. The summed E-state index contributed by atoms with van der Waals surface area (Å²) in [6, 6.07) is 3.77. The Morgan fingerprint density at radius 3 is 2.55 bits per heavy atom. The Hall–Kier alpha value is -2.83. The highest BCUT2D eigenvalue weighted by molar-refractivity contribution is 6.07. The first kappa shape index (κ1) is 22.8. The minimum Gasteiger partial charge on any atom is -0.490 e. The largest absolute Gasteiger partial charge is 0.490 e. The number of carboxylic acid groups (broad SMARTS) is 1. The number of benzene rings is 1. The van der Waals surface area contributed by atoms with E-state index in [1.807, 2.05) is 32.9 Å². The van der Waals surface area contributed by atoms with Gasteiger partial charge in [-0.2, -0.15) is 0 Å². The van der Waals surface area contributed by atoms with Crippen molar-refractivity contribution in [2.24, 2.45) is 5.92 Å². The van der Waals surface area contributed by atoms with Crippen LogP contribution in [0.25, 0.3) is 10.9 Å². The van der Waals surface area contributed by atoms with Gasteiger partial charge in [0, 0.05) is 5.92 Å². The first-order valence-electron chi connectivity index (χ1n) is 11.0. The maximum atomic E-state index is 12.7. The van der Waals surface area contributed by atoms with E-state index in [-0.39, 0.29) is 29.7 Å². The Morgan fingerprint density at radius 1 is 1.26 bits per heavy atom. The summed E-state index contributed by atoms with van der Waals surface area (Å²) in [7, 11) is 0. The number of nitrogen functional groups attached to an aromatic ring is 1. The fourth-order valence-corrected chi connectivity index (χ4v) is 4.33. The number of aryl methyl sites for hydroxylation is 2. The second-order valence-electron chi connectivity index (χ2n) is 9.09. The summed E-state index contributed by atoms with van der Waals surface area (Å²) in [5.41, 5.74) is 7.73. The average molecular weight is 428 g/mol. The van der Waals surface area contributed by atoms with Gasteiger partial charge >= 0.3 is 5.97 Å². The summed E-state index contributed by atoms with van der Waals surface area (Å²) in [5.74, 6) is -0.436. The van der Waals surface area contributed by atoms with E-state index in [0.717, 1.165) is 31.2 Å². The van der Waals surface area contributed by atoms with Gasteiger partial charge in [-0.05, 0) is 51.7 Å². The number of aromatic nitrogens is 1. The van der Waals surface area contributed by atoms with E-state index < -0.39 is 11.5 Å². The number of nitrogens with zero attached hydrogens (tertiary/aromatic N) is 1. The summed E-state index contributed by atoms with van der Waals surface area (Å²) in [5, 5.41) is 13.2. The Morgan fingerprint density at radius 2 is 1.94 bits per heavy atom. The maximum absolute atomic E-state index is 12.7. The summed E-state index contributed by atoms with van der Waals surface area (Å²) < 4.78 is 6.22. The summed E-state index contributed by atoms with van der Waals surface area (Å²) >= 11 is 0. The highest BCUT2D eigenvalue weighted by Crippen LogP contribution is 2.37. The number of carboxylic acids is 1. The molecule has 1 aromatic heterocycles. The molecule has 3 rings (SSSR count). The van der Waals surface area contributed by atoms with Gasteiger partial charge in [0.1, 0.15) is 17.9 Å². The molecule has 168 valence electrons. The van der Waals surface area contributed by atoms with Crippen molar-refractivity contribution in [3.63, 3.8) is 0 Å². The van der Waals surface area contributed by atoms with Crippen LogP contribution < -0.4 is 15.8 Å². The van der Waals surface area contributed by atoms with Crippen LogP contribution in [0.2, 0.25) is 0 Å². The molecule has 0 radical (unpaired) electrons. The SMILES string of the molecule is CCc1ccc2nc(C)c(C(=O)O)c(N)c2c1OCC(C)(C)NC(=O)C1CCCCC1. The third-order valence-corrected chi connectivity index (χ3v) is 6.02. The van der Waals surface area contributed by atoms with Crippen LogP contribution in [0.4, 0.5) is 5.69 Å². The smallest absolute Gasteiger partial charge is 0.339 e. The lowest BCUT2D eigenvalue weighted by Gasteiger charge is -2.30. The molecule has 1 aliphatic carbocycles. The number of fused-ring (bicyclic) bond motifs is 1. The lowest BCUT2D eigenvalue weighted by molar-refractivity contribution is -0.127. The molecule has 31 heavy (non-hydrogen) atoms. The van der Waals surface area contributed by atoms with E-state index in [1.165, 1.54) is 6.42 Å². The second-order valence-corrected chi connectivity index (χ2v) is 9.09. The Kier molecular flexibility index (Phi) is 6.72. The minimum atomic E-state index is -1.11. The first-order chi connectivity index (χ1) is 14.6. The molecule has 4 N–H and O–H groups in total. The summed E-state index contributed by atoms with van der Waals surface area (Å²) in [6.45, 7) is 7.72. The number of aromatic carboxylic acids is 1. The van der Waals surface area contributed by atoms with Gasteiger partial charge in [-0.15, -0.1) is 0 Å². The highest BCUT2D eigenvalue weighted by Gasteiger charge is 2.28. The van der Waals surface area contributed by atoms with Gasteiger partial charge in [0.25, 0.3) is 0 Å². The molecule has 1 amide bonds. The van der Waals surface area contributed by atoms with Crippen molar-refractivity contribution in [2.75, 3.05) is 12.3 Å². The van der Waals surface area contributed by atoms with Crippen molar-refractivity contribution in [1.82, 2.24) is 10.3 Å². The van der Waals surface area contributed by atoms with Gasteiger partial charge in [-0.25, -0.2) is 4.79 Å². The van der Waals surface area contributed by atoms with Crippen LogP contribution in [0.3, 0.4) is 0 Å². The van der Waals surface area contributed by atoms with Crippen LogP contribution in [-0.2, 0) is 11.2 Å². The predicted molar refractivity (Wildman–Crippen MR) is 122 cm³/mol. The molecule has 2 aromatic rings. The van der Waals surface area contributed by atoms with E-state index in [9.17, 15) is 14.7 Å². The molecule has 0 atom stereocenters. The molecule has 1 heterocycles. The van der Waals surface area contributed by atoms with Crippen LogP contribution in [0.15, 0.2) is 12.1 Å². The van der Waals surface area contributed by atoms with Gasteiger partial charge in [0.05, 0.1) is 27.8 Å². The molecule has 0 unspecified atom stereocenters. The van der Waals surface area contributed by atoms with Crippen molar-refractivity contribution < 1.29 is 19.4 Å². The Labute approximate surface area is 183 Å². The van der Waals surface area contributed by atoms with E-state index in [0.29, 0.717) is 28.8 Å². The molecule has 1 aliphatic rings. The highest BCUT2D eigenvalue weighted by atomic mass is 16.5. The normalized spacial score (nSPS) is 15.1. The third-order valence-electron chi connectivity index (χ3n) is 6.02. The summed E-state index contributed by atoms with van der Waals surface area (Å²) in [6.07, 6.45) is 5.96. The van der Waals surface area contributed by atoms with Crippen LogP contribution >= 0.6 is 0 Å². The lowest BCUT2D eigenvalue weighted by Crippen LogP contribution is -2.50. The van der Waals surface area contributed by atoms with E-state index in [1.54, 1.807) is 6.92 Å². The van der Waals surface area contributed by atoms with Crippen molar-refractivity contribution >= 4 is 28.5 Å². The minimum absolute atomic E-state index is 0.00420. The zero-order valence-corrected chi connectivity index (χ0v) is 18.9. The number of nitrogens with one attached hydrogen (secondary N) is 1. The van der Waals surface area contributed by atoms with Crippen molar-refractivity contribution in [2.45, 2.75) is 71.8 Å². The molecule has 0 bridgehead atoms. The van der Waals surface area contributed by atoms with Gasteiger partial charge < -0.3 is 20.9 Å². The van der Waals surface area contributed by atoms with Crippen LogP contribution in [0.1, 0.15) is 74.5 Å². The van der Waals surface area contributed by atoms with Gasteiger partial charge in [-0.3, -0.25) is 9.78 Å². The second kappa shape index (κ2) is 9.12. The monoisotopic (exact) mass is 427 g/mol. The van der Waals surface area contributed by atoms with Crippen molar-refractivity contribution in [3.8, 4) is 5.75 Å². The van der Waals surface area contributed by atoms with E-state index in [4.69, 9.17) is 10.5 Å². The fourth-order valence-electron chi connectivity index (χ4n) is 4.33. The molecule has 0 spiro atoms. The molecule has 1 saturated carbocycles. The number of hydrogen-bond acceptors (Lipinski definition) is 5. The van der Waals surface area contributed by atoms with Crippen molar-refractivity contribution in [1.29, 1.82) is 0 Å². The molecule has 0 saturated heterocycles. The predicted octanol–water partition coefficient (Wildman–Crippen LogP) is 4.24. The molecule has 1 fully saturated rings. The quantitative estimate of drug-likeness (QED) is 0.609. The zero-order chi connectivity index (χ0) is 22.8. The zero-order valence-electron chi connectivity index (χ0n) is 18.9. The standard InChI is InChI=1S/C24H33N3O4/c1-5-15-11-12-17-19(20(25)18(23(29)30)14(2)26-17)21(15)31-13-24(3,4)27-22(28)16-9-7-6-8-10-16/h11-12,16H,5-10,13H2,1-4H3,(H2,25,26)(H,27,28)(H,29,30). The van der Waals surface area contributed by atoms with E-state index in [2.05, 4.69) is 10.3 Å². The van der Waals surface area contributed by atoms with Gasteiger partial charge in [-0.1, -0.05) is 32.3 Å². The molecule has 7 heteroatoms. The van der Waals surface area contributed by atoms with Crippen LogP contribution in [-0.4, -0.2) is 34.1 Å². The molecule has 1 aromatic carbocycles. The maximum Gasteiger partial charge on any atom is 0.339 e. The molecule has 0 aliphatic heterocycles. The van der Waals surface area contributed by atoms with Crippen LogP contribution in [0, 0.1) is 12.8 Å². The summed E-state index contributed by atoms with van der Waals surface area (Å²) in [4.78, 5) is 28.9. The molecular weight excluding hydrogens is 394 g/mol. The van der Waals surface area contributed by atoms with Gasteiger partial charge in [0.2, 0.25) is 5.91 Å². The Balaban J connectivity index is 1.90. The molecular formula is C24H33N3O4. The average Bonchev–Trinajstić information content (AvgIpc) is 2.71. The van der Waals surface area contributed by atoms with Crippen molar-refractivity contribution in [3.05, 3.63) is 29.0 Å². The topological polar surface area (TPSA) is 115 Å². The first-order valence-corrected chi connectivity index (χ1v) is 11.0. The fraction of sp³-hybridized carbons (Fsp3) is 0.542. The van der Waals surface area contributed by atoms with Crippen LogP contribution in [0.5, 0.6) is 5.75 Å². The number of carbonyl (C=O) groups is 2. The molecule has 7 nitrogen and oxygen atoms in total. The number of carbonyl (C=O) groups excluding carboxylic acids is 1.